The van der Waals surface area contributed by atoms with E-state index in [4.69, 9.17) is 0 Å². The molecule has 11 heavy (non-hydrogen) atoms. The maximum absolute atomic E-state index is 13.1. The molecule has 1 heteroatoms. The van der Waals surface area contributed by atoms with Crippen molar-refractivity contribution in [3.05, 3.63) is 34.9 Å². The summed E-state index contributed by atoms with van der Waals surface area (Å²) in [5, 5.41) is 0. The second-order valence-electron chi connectivity index (χ2n) is 3.21. The summed E-state index contributed by atoms with van der Waals surface area (Å²) in [6.45, 7) is 2.01. The van der Waals surface area contributed by atoms with E-state index < -0.39 is 6.17 Å². The maximum Gasteiger partial charge on any atom is 0.126 e. The Morgan fingerprint density at radius 3 is 3.09 bits per heavy atom. The van der Waals surface area contributed by atoms with Crippen molar-refractivity contribution in [3.63, 3.8) is 0 Å². The Bertz CT molecular complexity index is 278. The first-order valence-electron chi connectivity index (χ1n) is 4.01. The van der Waals surface area contributed by atoms with Crippen LogP contribution < -0.4 is 0 Å². The average Bonchev–Trinajstić information content (AvgIpc) is 2.33. The smallest absolute Gasteiger partial charge is 0.126 e. The van der Waals surface area contributed by atoms with Gasteiger partial charge in [-0.15, -0.1) is 0 Å². The van der Waals surface area contributed by atoms with Gasteiger partial charge >= 0.3 is 0 Å². The Hall–Kier alpha value is -0.850. The Morgan fingerprint density at radius 1 is 1.45 bits per heavy atom. The molecule has 0 nitrogen and oxygen atoms in total. The minimum Gasteiger partial charge on any atom is -0.242 e. The molecule has 1 atom stereocenters. The van der Waals surface area contributed by atoms with E-state index in [-0.39, 0.29) is 0 Å². The second-order valence-corrected chi connectivity index (χ2v) is 3.21. The van der Waals surface area contributed by atoms with Crippen LogP contribution in [0.15, 0.2) is 18.2 Å². The van der Waals surface area contributed by atoms with Gasteiger partial charge in [0.25, 0.3) is 0 Å². The fourth-order valence-electron chi connectivity index (χ4n) is 1.67. The van der Waals surface area contributed by atoms with Gasteiger partial charge in [-0.3, -0.25) is 0 Å². The van der Waals surface area contributed by atoms with Gasteiger partial charge in [-0.1, -0.05) is 23.8 Å². The van der Waals surface area contributed by atoms with Gasteiger partial charge in [-0.25, -0.2) is 4.39 Å². The normalized spacial score (nSPS) is 21.8. The highest BCUT2D eigenvalue weighted by atomic mass is 19.1. The summed E-state index contributed by atoms with van der Waals surface area (Å²) in [6, 6.07) is 6.06. The zero-order valence-corrected chi connectivity index (χ0v) is 6.60. The van der Waals surface area contributed by atoms with Crippen molar-refractivity contribution < 1.29 is 4.39 Å². The van der Waals surface area contributed by atoms with Crippen LogP contribution in [0.25, 0.3) is 0 Å². The van der Waals surface area contributed by atoms with Crippen molar-refractivity contribution in [1.82, 2.24) is 0 Å². The third kappa shape index (κ3) is 1.05. The van der Waals surface area contributed by atoms with Crippen LogP contribution in [0.1, 0.15) is 29.3 Å². The molecule has 2 rings (SSSR count). The predicted octanol–water partition coefficient (Wildman–Crippen LogP) is 2.95. The largest absolute Gasteiger partial charge is 0.242 e. The first-order chi connectivity index (χ1) is 5.27. The molecular weight excluding hydrogens is 139 g/mol. The lowest BCUT2D eigenvalue weighted by atomic mass is 10.1. The van der Waals surface area contributed by atoms with Gasteiger partial charge in [-0.2, -0.15) is 0 Å². The zero-order chi connectivity index (χ0) is 7.84. The van der Waals surface area contributed by atoms with Crippen molar-refractivity contribution in [2.45, 2.75) is 25.9 Å². The van der Waals surface area contributed by atoms with Crippen LogP contribution in [0.3, 0.4) is 0 Å². The van der Waals surface area contributed by atoms with Crippen LogP contribution in [0.4, 0.5) is 4.39 Å². The van der Waals surface area contributed by atoms with Crippen LogP contribution in [0.5, 0.6) is 0 Å². The molecule has 0 radical (unpaired) electrons. The van der Waals surface area contributed by atoms with E-state index in [0.717, 1.165) is 17.5 Å². The number of benzene rings is 1. The van der Waals surface area contributed by atoms with Crippen LogP contribution in [0, 0.1) is 6.92 Å². The van der Waals surface area contributed by atoms with E-state index in [9.17, 15) is 4.39 Å². The number of alkyl halides is 1. The third-order valence-electron chi connectivity index (χ3n) is 2.31. The van der Waals surface area contributed by atoms with Gasteiger partial charge in [0.15, 0.2) is 0 Å². The van der Waals surface area contributed by atoms with E-state index in [0.29, 0.717) is 6.42 Å². The first kappa shape index (κ1) is 6.84. The Labute approximate surface area is 66.1 Å². The van der Waals surface area contributed by atoms with Crippen LogP contribution in [-0.4, -0.2) is 0 Å². The van der Waals surface area contributed by atoms with Gasteiger partial charge < -0.3 is 0 Å². The number of halogens is 1. The summed E-state index contributed by atoms with van der Waals surface area (Å²) in [4.78, 5) is 0. The SMILES string of the molecule is Cc1ccc2c(c1)C(F)CC2. The van der Waals surface area contributed by atoms with Gasteiger partial charge in [0, 0.05) is 0 Å². The number of aryl methyl sites for hydroxylation is 2. The molecule has 1 aliphatic rings. The van der Waals surface area contributed by atoms with Crippen molar-refractivity contribution >= 4 is 0 Å². The van der Waals surface area contributed by atoms with E-state index in [2.05, 4.69) is 6.07 Å². The zero-order valence-electron chi connectivity index (χ0n) is 6.60. The molecule has 0 saturated heterocycles. The predicted molar refractivity (Wildman–Crippen MR) is 43.3 cm³/mol. The Balaban J connectivity index is 2.52. The van der Waals surface area contributed by atoms with Crippen LogP contribution in [-0.2, 0) is 6.42 Å². The molecule has 1 unspecified atom stereocenters. The van der Waals surface area contributed by atoms with Crippen molar-refractivity contribution in [2.75, 3.05) is 0 Å². The third-order valence-corrected chi connectivity index (χ3v) is 2.31. The lowest BCUT2D eigenvalue weighted by Crippen LogP contribution is -1.85. The topological polar surface area (TPSA) is 0 Å². The highest BCUT2D eigenvalue weighted by molar-refractivity contribution is 5.36. The van der Waals surface area contributed by atoms with Crippen molar-refractivity contribution in [1.29, 1.82) is 0 Å². The highest BCUT2D eigenvalue weighted by Crippen LogP contribution is 2.34. The molecule has 1 aliphatic carbocycles. The van der Waals surface area contributed by atoms with Gasteiger partial charge in [-0.05, 0) is 30.9 Å². The molecule has 0 fully saturated rings. The standard InChI is InChI=1S/C10H11F/c1-7-2-3-8-4-5-10(11)9(8)6-7/h2-3,6,10H,4-5H2,1H3. The fraction of sp³-hybridized carbons (Fsp3) is 0.400. The Morgan fingerprint density at radius 2 is 2.27 bits per heavy atom. The van der Waals surface area contributed by atoms with E-state index in [1.807, 2.05) is 19.1 Å². The van der Waals surface area contributed by atoms with E-state index >= 15 is 0 Å². The maximum atomic E-state index is 13.1. The number of rotatable bonds is 0. The number of hydrogen-bond acceptors (Lipinski definition) is 0. The minimum absolute atomic E-state index is 0.679. The molecule has 58 valence electrons. The van der Waals surface area contributed by atoms with E-state index in [1.165, 1.54) is 5.56 Å². The molecule has 0 amide bonds. The highest BCUT2D eigenvalue weighted by Gasteiger charge is 2.20. The van der Waals surface area contributed by atoms with E-state index in [1.54, 1.807) is 0 Å². The van der Waals surface area contributed by atoms with Crippen molar-refractivity contribution in [3.8, 4) is 0 Å². The monoisotopic (exact) mass is 150 g/mol. The lowest BCUT2D eigenvalue weighted by Gasteiger charge is -2.01. The Kier molecular flexibility index (Phi) is 1.45. The number of hydrogen-bond donors (Lipinski definition) is 0. The lowest BCUT2D eigenvalue weighted by molar-refractivity contribution is 0.343. The molecule has 0 bridgehead atoms. The first-order valence-corrected chi connectivity index (χ1v) is 4.01. The minimum atomic E-state index is -0.704. The summed E-state index contributed by atoms with van der Waals surface area (Å²) < 4.78 is 13.1. The quantitative estimate of drug-likeness (QED) is 0.533. The van der Waals surface area contributed by atoms with Crippen molar-refractivity contribution in [2.24, 2.45) is 0 Å². The molecular formula is C10H11F. The molecule has 1 aromatic carbocycles. The van der Waals surface area contributed by atoms with Crippen LogP contribution in [0.2, 0.25) is 0 Å². The average molecular weight is 150 g/mol. The molecule has 0 aliphatic heterocycles. The molecule has 0 N–H and O–H groups in total. The summed E-state index contributed by atoms with van der Waals surface area (Å²) >= 11 is 0. The summed E-state index contributed by atoms with van der Waals surface area (Å²) in [5.74, 6) is 0. The fourth-order valence-corrected chi connectivity index (χ4v) is 1.67. The number of fused-ring (bicyclic) bond motifs is 1. The summed E-state index contributed by atoms with van der Waals surface area (Å²) in [5.41, 5.74) is 3.28. The van der Waals surface area contributed by atoms with Gasteiger partial charge in [0.05, 0.1) is 0 Å². The van der Waals surface area contributed by atoms with Crippen LogP contribution >= 0.6 is 0 Å². The van der Waals surface area contributed by atoms with Gasteiger partial charge in [0.1, 0.15) is 6.17 Å². The summed E-state index contributed by atoms with van der Waals surface area (Å²) in [7, 11) is 0. The second kappa shape index (κ2) is 2.33. The molecule has 0 spiro atoms. The van der Waals surface area contributed by atoms with Gasteiger partial charge in [0.2, 0.25) is 0 Å². The summed E-state index contributed by atoms with van der Waals surface area (Å²) in [6.07, 6.45) is 0.889. The molecule has 0 saturated carbocycles. The molecule has 0 aromatic heterocycles. The molecule has 1 aromatic rings. The molecule has 0 heterocycles.